The fourth-order valence-corrected chi connectivity index (χ4v) is 3.89. The Hall–Kier alpha value is -3.12. The Morgan fingerprint density at radius 3 is 2.72 bits per heavy atom. The number of anilines is 1. The summed E-state index contributed by atoms with van der Waals surface area (Å²) < 4.78 is 10.5. The van der Waals surface area contributed by atoms with Gasteiger partial charge in [-0.2, -0.15) is 0 Å². The third-order valence-corrected chi connectivity index (χ3v) is 5.33. The van der Waals surface area contributed by atoms with Crippen molar-refractivity contribution in [1.82, 2.24) is 5.16 Å². The first-order chi connectivity index (χ1) is 14.0. The Kier molecular flexibility index (Phi) is 5.11. The van der Waals surface area contributed by atoms with Crippen LogP contribution in [0.4, 0.5) is 5.69 Å². The topological polar surface area (TPSA) is 72.6 Å². The van der Waals surface area contributed by atoms with Gasteiger partial charge in [-0.05, 0) is 38.0 Å². The van der Waals surface area contributed by atoms with Crippen molar-refractivity contribution in [2.75, 3.05) is 11.5 Å². The van der Waals surface area contributed by atoms with Crippen LogP contribution in [0.5, 0.6) is 0 Å². The van der Waals surface area contributed by atoms with Crippen molar-refractivity contribution in [3.8, 4) is 11.3 Å². The molecule has 0 saturated heterocycles. The number of carbonyl (C=O) groups excluding carboxylic acids is 2. The molecule has 1 atom stereocenters. The van der Waals surface area contributed by atoms with E-state index in [1.54, 1.807) is 36.1 Å². The molecule has 0 saturated carbocycles. The lowest BCUT2D eigenvalue weighted by atomic mass is 10.1. The number of amides is 1. The number of hydrogen-bond acceptors (Lipinski definition) is 5. The number of benzene rings is 2. The summed E-state index contributed by atoms with van der Waals surface area (Å²) in [5.41, 5.74) is 2.99. The molecule has 4 rings (SSSR count). The van der Waals surface area contributed by atoms with Crippen molar-refractivity contribution in [2.45, 2.75) is 26.3 Å². The molecule has 1 aromatic heterocycles. The summed E-state index contributed by atoms with van der Waals surface area (Å²) in [6.07, 6.45) is 0.775. The highest BCUT2D eigenvalue weighted by molar-refractivity contribution is 6.33. The fourth-order valence-electron chi connectivity index (χ4n) is 3.66. The van der Waals surface area contributed by atoms with E-state index < -0.39 is 5.97 Å². The van der Waals surface area contributed by atoms with Crippen LogP contribution in [0, 0.1) is 6.92 Å². The lowest BCUT2D eigenvalue weighted by Gasteiger charge is -2.22. The van der Waals surface area contributed by atoms with Gasteiger partial charge in [-0.25, -0.2) is 4.79 Å². The largest absolute Gasteiger partial charge is 0.452 e. The summed E-state index contributed by atoms with van der Waals surface area (Å²) in [7, 11) is 0. The molecule has 0 radical (unpaired) electrons. The van der Waals surface area contributed by atoms with Crippen LogP contribution >= 0.6 is 11.6 Å². The predicted octanol–water partition coefficient (Wildman–Crippen LogP) is 4.44. The monoisotopic (exact) mass is 410 g/mol. The van der Waals surface area contributed by atoms with Crippen LogP contribution in [0.25, 0.3) is 11.3 Å². The maximum absolute atomic E-state index is 12.8. The molecule has 1 aliphatic rings. The van der Waals surface area contributed by atoms with Crippen molar-refractivity contribution in [3.05, 3.63) is 70.4 Å². The smallest absolute Gasteiger partial charge is 0.344 e. The third-order valence-electron chi connectivity index (χ3n) is 5.00. The summed E-state index contributed by atoms with van der Waals surface area (Å²) in [6.45, 7) is 3.22. The Labute approximate surface area is 173 Å². The molecule has 1 amide bonds. The standard InChI is InChI=1S/C22H19ClN2O4/c1-13-11-15-7-3-6-10-18(15)25(13)19(26)12-28-22(27)20-14(2)29-24-21(20)16-8-4-5-9-17(16)23/h3-10,13H,11-12H2,1-2H3/t13-/m1/s1. The van der Waals surface area contributed by atoms with E-state index in [0.717, 1.165) is 17.7 Å². The molecule has 0 N–H and O–H groups in total. The molecule has 3 aromatic rings. The first-order valence-electron chi connectivity index (χ1n) is 9.25. The van der Waals surface area contributed by atoms with Crippen LogP contribution in [0.1, 0.15) is 28.6 Å². The number of esters is 1. The van der Waals surface area contributed by atoms with E-state index in [0.29, 0.717) is 22.0 Å². The molecule has 148 valence electrons. The van der Waals surface area contributed by atoms with E-state index in [2.05, 4.69) is 5.16 Å². The van der Waals surface area contributed by atoms with Gasteiger partial charge in [-0.15, -0.1) is 0 Å². The van der Waals surface area contributed by atoms with Crippen LogP contribution < -0.4 is 4.90 Å². The van der Waals surface area contributed by atoms with Crippen LogP contribution in [0.3, 0.4) is 0 Å². The highest BCUT2D eigenvalue weighted by Gasteiger charge is 2.32. The fraction of sp³-hybridized carbons (Fsp3) is 0.227. The molecule has 6 nitrogen and oxygen atoms in total. The van der Waals surface area contributed by atoms with E-state index in [-0.39, 0.29) is 24.1 Å². The molecule has 0 spiro atoms. The van der Waals surface area contributed by atoms with Crippen LogP contribution in [-0.4, -0.2) is 29.7 Å². The zero-order valence-corrected chi connectivity index (χ0v) is 16.8. The summed E-state index contributed by atoms with van der Waals surface area (Å²) in [6, 6.07) is 14.8. The number of aromatic nitrogens is 1. The maximum atomic E-state index is 12.8. The molecule has 0 aliphatic carbocycles. The van der Waals surface area contributed by atoms with Gasteiger partial charge in [0.1, 0.15) is 17.0 Å². The van der Waals surface area contributed by atoms with Gasteiger partial charge >= 0.3 is 5.97 Å². The molecule has 0 fully saturated rings. The second-order valence-corrected chi connectivity index (χ2v) is 7.37. The van der Waals surface area contributed by atoms with Crippen molar-refractivity contribution >= 4 is 29.2 Å². The van der Waals surface area contributed by atoms with Gasteiger partial charge in [0.25, 0.3) is 5.91 Å². The first kappa shape index (κ1) is 19.2. The summed E-state index contributed by atoms with van der Waals surface area (Å²) >= 11 is 6.23. The van der Waals surface area contributed by atoms with Gasteiger partial charge in [0.15, 0.2) is 6.61 Å². The van der Waals surface area contributed by atoms with Crippen molar-refractivity contribution in [2.24, 2.45) is 0 Å². The first-order valence-corrected chi connectivity index (χ1v) is 9.63. The summed E-state index contributed by atoms with van der Waals surface area (Å²) in [5, 5.41) is 4.40. The average molecular weight is 411 g/mol. The Bertz CT molecular complexity index is 1090. The highest BCUT2D eigenvalue weighted by atomic mass is 35.5. The Balaban J connectivity index is 1.52. The van der Waals surface area contributed by atoms with E-state index in [1.807, 2.05) is 31.2 Å². The van der Waals surface area contributed by atoms with Crippen LogP contribution in [0.15, 0.2) is 53.1 Å². The van der Waals surface area contributed by atoms with E-state index >= 15 is 0 Å². The summed E-state index contributed by atoms with van der Waals surface area (Å²) in [4.78, 5) is 27.2. The van der Waals surface area contributed by atoms with E-state index in [4.69, 9.17) is 20.9 Å². The minimum Gasteiger partial charge on any atom is -0.452 e. The van der Waals surface area contributed by atoms with Gasteiger partial charge in [-0.1, -0.05) is 53.2 Å². The van der Waals surface area contributed by atoms with Crippen LogP contribution in [0.2, 0.25) is 5.02 Å². The number of ether oxygens (including phenoxy) is 1. The van der Waals surface area contributed by atoms with Gasteiger partial charge < -0.3 is 14.2 Å². The Morgan fingerprint density at radius 2 is 1.93 bits per heavy atom. The second-order valence-electron chi connectivity index (χ2n) is 6.96. The lowest BCUT2D eigenvalue weighted by molar-refractivity contribution is -0.122. The van der Waals surface area contributed by atoms with E-state index in [9.17, 15) is 9.59 Å². The van der Waals surface area contributed by atoms with Gasteiger partial charge in [0, 0.05) is 17.3 Å². The molecule has 0 bridgehead atoms. The molecule has 0 unspecified atom stereocenters. The van der Waals surface area contributed by atoms with Gasteiger partial charge in [0.05, 0.1) is 5.02 Å². The number of rotatable bonds is 4. The molecule has 7 heteroatoms. The van der Waals surface area contributed by atoms with E-state index in [1.165, 1.54) is 0 Å². The van der Waals surface area contributed by atoms with Gasteiger partial charge in [0.2, 0.25) is 0 Å². The molecule has 1 aliphatic heterocycles. The normalized spacial score (nSPS) is 15.3. The minimum atomic E-state index is -0.674. The number of nitrogens with zero attached hydrogens (tertiary/aromatic N) is 2. The molecular weight excluding hydrogens is 392 g/mol. The zero-order chi connectivity index (χ0) is 20.5. The molecule has 2 aromatic carbocycles. The molecule has 29 heavy (non-hydrogen) atoms. The molecule has 2 heterocycles. The lowest BCUT2D eigenvalue weighted by Crippen LogP contribution is -2.38. The quantitative estimate of drug-likeness (QED) is 0.594. The van der Waals surface area contributed by atoms with Gasteiger partial charge in [-0.3, -0.25) is 4.79 Å². The molecular formula is C22H19ClN2O4. The van der Waals surface area contributed by atoms with Crippen molar-refractivity contribution in [1.29, 1.82) is 0 Å². The highest BCUT2D eigenvalue weighted by Crippen LogP contribution is 2.33. The SMILES string of the molecule is Cc1onc(-c2ccccc2Cl)c1C(=O)OCC(=O)N1c2ccccc2C[C@H]1C. The number of aryl methyl sites for hydroxylation is 1. The number of halogens is 1. The average Bonchev–Trinajstić information content (AvgIpc) is 3.25. The van der Waals surface area contributed by atoms with Crippen molar-refractivity contribution < 1.29 is 18.8 Å². The second kappa shape index (κ2) is 7.72. The van der Waals surface area contributed by atoms with Crippen molar-refractivity contribution in [3.63, 3.8) is 0 Å². The zero-order valence-electron chi connectivity index (χ0n) is 16.0. The maximum Gasteiger partial charge on any atom is 0.344 e. The number of para-hydroxylation sites is 1. The number of carbonyl (C=O) groups is 2. The van der Waals surface area contributed by atoms with Crippen LogP contribution in [-0.2, 0) is 16.0 Å². The minimum absolute atomic E-state index is 0.00890. The third kappa shape index (κ3) is 3.51. The predicted molar refractivity (Wildman–Crippen MR) is 109 cm³/mol. The Morgan fingerprint density at radius 1 is 1.21 bits per heavy atom. The number of hydrogen-bond donors (Lipinski definition) is 0. The number of fused-ring (bicyclic) bond motifs is 1. The summed E-state index contributed by atoms with van der Waals surface area (Å²) in [5.74, 6) is -0.645.